The average Bonchev–Trinajstić information content (AvgIpc) is 3.00. The Morgan fingerprint density at radius 2 is 2.05 bits per heavy atom. The van der Waals surface area contributed by atoms with Crippen LogP contribution < -0.4 is 5.73 Å². The predicted octanol–water partition coefficient (Wildman–Crippen LogP) is 1.90. The van der Waals surface area contributed by atoms with Crippen molar-refractivity contribution in [2.24, 2.45) is 12.8 Å². The van der Waals surface area contributed by atoms with E-state index in [1.54, 1.807) is 10.9 Å². The summed E-state index contributed by atoms with van der Waals surface area (Å²) in [6, 6.07) is 0. The molecule has 0 atom stereocenters. The first-order valence-corrected chi connectivity index (χ1v) is 6.72. The maximum atomic E-state index is 6.41. The summed E-state index contributed by atoms with van der Waals surface area (Å²) < 4.78 is 7.16. The van der Waals surface area contributed by atoms with Gasteiger partial charge in [-0.15, -0.1) is 0 Å². The summed E-state index contributed by atoms with van der Waals surface area (Å²) >= 11 is 0. The molecule has 0 aliphatic heterocycles. The number of hydrogen-bond donors (Lipinski definition) is 1. The monoisotopic (exact) mass is 261 g/mol. The highest BCUT2D eigenvalue weighted by Gasteiger charge is 2.34. The van der Waals surface area contributed by atoms with Crippen molar-refractivity contribution in [3.05, 3.63) is 17.7 Å². The Morgan fingerprint density at radius 3 is 2.68 bits per heavy atom. The van der Waals surface area contributed by atoms with Gasteiger partial charge in [0.15, 0.2) is 5.82 Å². The Hall–Kier alpha value is -1.69. The molecule has 0 amide bonds. The first-order chi connectivity index (χ1) is 9.10. The van der Waals surface area contributed by atoms with Gasteiger partial charge >= 0.3 is 0 Å². The van der Waals surface area contributed by atoms with Gasteiger partial charge in [-0.2, -0.15) is 10.1 Å². The van der Waals surface area contributed by atoms with Crippen LogP contribution in [0.15, 0.2) is 10.7 Å². The second-order valence-corrected chi connectivity index (χ2v) is 5.41. The van der Waals surface area contributed by atoms with Crippen molar-refractivity contribution in [3.63, 3.8) is 0 Å². The Balaban J connectivity index is 1.93. The first kappa shape index (κ1) is 12.3. The highest BCUT2D eigenvalue weighted by Crippen LogP contribution is 2.34. The van der Waals surface area contributed by atoms with E-state index in [4.69, 9.17) is 10.3 Å². The summed E-state index contributed by atoms with van der Waals surface area (Å²) in [7, 11) is 1.89. The largest absolute Gasteiger partial charge is 0.334 e. The summed E-state index contributed by atoms with van der Waals surface area (Å²) in [5.74, 6) is 1.14. The van der Waals surface area contributed by atoms with Gasteiger partial charge in [0, 0.05) is 12.7 Å². The van der Waals surface area contributed by atoms with Crippen molar-refractivity contribution in [3.8, 4) is 11.5 Å². The Kier molecular flexibility index (Phi) is 2.89. The normalized spacial score (nSPS) is 18.7. The number of rotatable bonds is 2. The van der Waals surface area contributed by atoms with Crippen molar-refractivity contribution in [1.82, 2.24) is 19.9 Å². The Bertz CT molecular complexity index is 580. The van der Waals surface area contributed by atoms with Gasteiger partial charge in [0.2, 0.25) is 0 Å². The van der Waals surface area contributed by atoms with Crippen LogP contribution in [-0.2, 0) is 12.6 Å². The fourth-order valence-electron chi connectivity index (χ4n) is 2.65. The maximum absolute atomic E-state index is 6.41. The van der Waals surface area contributed by atoms with Gasteiger partial charge in [-0.05, 0) is 19.8 Å². The average molecular weight is 261 g/mol. The van der Waals surface area contributed by atoms with E-state index in [0.717, 1.165) is 36.9 Å². The lowest BCUT2D eigenvalue weighted by Crippen LogP contribution is -2.39. The molecule has 19 heavy (non-hydrogen) atoms. The van der Waals surface area contributed by atoms with Gasteiger partial charge < -0.3 is 10.3 Å². The number of nitrogens with zero attached hydrogens (tertiary/aromatic N) is 4. The van der Waals surface area contributed by atoms with E-state index in [0.29, 0.717) is 11.7 Å². The molecule has 0 aromatic carbocycles. The van der Waals surface area contributed by atoms with Crippen LogP contribution in [0, 0.1) is 6.92 Å². The molecule has 0 saturated heterocycles. The van der Waals surface area contributed by atoms with E-state index >= 15 is 0 Å². The van der Waals surface area contributed by atoms with Gasteiger partial charge in [-0.3, -0.25) is 4.68 Å². The maximum Gasteiger partial charge on any atom is 0.261 e. The van der Waals surface area contributed by atoms with E-state index in [1.807, 2.05) is 14.0 Å². The van der Waals surface area contributed by atoms with Crippen LogP contribution in [0.3, 0.4) is 0 Å². The Labute approximate surface area is 112 Å². The number of nitrogens with two attached hydrogens (primary N) is 1. The van der Waals surface area contributed by atoms with Crippen LogP contribution in [0.25, 0.3) is 11.5 Å². The van der Waals surface area contributed by atoms with Crippen LogP contribution in [0.2, 0.25) is 0 Å². The highest BCUT2D eigenvalue weighted by atomic mass is 16.5. The molecule has 0 radical (unpaired) electrons. The van der Waals surface area contributed by atoms with Crippen LogP contribution in [0.1, 0.15) is 43.6 Å². The third-order valence-electron chi connectivity index (χ3n) is 4.08. The molecule has 0 spiro atoms. The minimum atomic E-state index is -0.421. The van der Waals surface area contributed by atoms with E-state index in [9.17, 15) is 0 Å². The molecule has 102 valence electrons. The number of aryl methyl sites for hydroxylation is 1. The van der Waals surface area contributed by atoms with Gasteiger partial charge in [-0.25, -0.2) is 0 Å². The molecule has 0 unspecified atom stereocenters. The van der Waals surface area contributed by atoms with Crippen LogP contribution in [0.4, 0.5) is 0 Å². The molecule has 1 saturated carbocycles. The molecule has 1 aliphatic carbocycles. The summed E-state index contributed by atoms with van der Waals surface area (Å²) in [4.78, 5) is 4.49. The first-order valence-electron chi connectivity index (χ1n) is 6.72. The van der Waals surface area contributed by atoms with E-state index in [1.165, 1.54) is 6.42 Å². The lowest BCUT2D eigenvalue weighted by atomic mass is 9.82. The van der Waals surface area contributed by atoms with E-state index < -0.39 is 5.54 Å². The fraction of sp³-hybridized carbons (Fsp3) is 0.615. The van der Waals surface area contributed by atoms with E-state index in [2.05, 4.69) is 15.2 Å². The van der Waals surface area contributed by atoms with Crippen molar-refractivity contribution >= 4 is 0 Å². The molecule has 1 aliphatic rings. The zero-order chi connectivity index (χ0) is 13.5. The SMILES string of the molecule is Cc1c(-c2nc(C3(N)CCCCC3)no2)cnn1C. The lowest BCUT2D eigenvalue weighted by molar-refractivity contribution is 0.275. The van der Waals surface area contributed by atoms with Crippen LogP contribution >= 0.6 is 0 Å². The minimum absolute atomic E-state index is 0.421. The smallest absolute Gasteiger partial charge is 0.261 e. The van der Waals surface area contributed by atoms with Gasteiger partial charge in [-0.1, -0.05) is 24.4 Å². The molecular formula is C13H19N5O. The molecule has 0 bridgehead atoms. The third-order valence-corrected chi connectivity index (χ3v) is 4.08. The second-order valence-electron chi connectivity index (χ2n) is 5.41. The molecule has 2 aromatic rings. The molecule has 2 heterocycles. The molecular weight excluding hydrogens is 242 g/mol. The second kappa shape index (κ2) is 4.45. The third kappa shape index (κ3) is 2.06. The van der Waals surface area contributed by atoms with Crippen LogP contribution in [0.5, 0.6) is 0 Å². The number of aromatic nitrogens is 4. The fourth-order valence-corrected chi connectivity index (χ4v) is 2.65. The summed E-state index contributed by atoms with van der Waals surface area (Å²) in [6.07, 6.45) is 7.11. The highest BCUT2D eigenvalue weighted by molar-refractivity contribution is 5.54. The number of hydrogen-bond acceptors (Lipinski definition) is 5. The van der Waals surface area contributed by atoms with Gasteiger partial charge in [0.05, 0.1) is 17.3 Å². The van der Waals surface area contributed by atoms with Crippen molar-refractivity contribution in [1.29, 1.82) is 0 Å². The Morgan fingerprint density at radius 1 is 1.32 bits per heavy atom. The van der Waals surface area contributed by atoms with Gasteiger partial charge in [0.1, 0.15) is 0 Å². The van der Waals surface area contributed by atoms with E-state index in [-0.39, 0.29) is 0 Å². The van der Waals surface area contributed by atoms with Crippen molar-refractivity contribution in [2.75, 3.05) is 0 Å². The van der Waals surface area contributed by atoms with Crippen molar-refractivity contribution < 1.29 is 4.52 Å². The summed E-state index contributed by atoms with van der Waals surface area (Å²) in [6.45, 7) is 1.98. The predicted molar refractivity (Wildman–Crippen MR) is 70.2 cm³/mol. The molecule has 1 fully saturated rings. The standard InChI is InChI=1S/C13H19N5O/c1-9-10(8-15-18(9)2)11-16-12(17-19-11)13(14)6-4-3-5-7-13/h8H,3-7,14H2,1-2H3. The molecule has 3 rings (SSSR count). The minimum Gasteiger partial charge on any atom is -0.334 e. The molecule has 2 N–H and O–H groups in total. The van der Waals surface area contributed by atoms with Gasteiger partial charge in [0.25, 0.3) is 5.89 Å². The topological polar surface area (TPSA) is 82.8 Å². The quantitative estimate of drug-likeness (QED) is 0.892. The molecule has 6 nitrogen and oxygen atoms in total. The summed E-state index contributed by atoms with van der Waals surface area (Å²) in [5, 5.41) is 8.28. The molecule has 2 aromatic heterocycles. The van der Waals surface area contributed by atoms with Crippen molar-refractivity contribution in [2.45, 2.75) is 44.6 Å². The zero-order valence-electron chi connectivity index (χ0n) is 11.4. The lowest BCUT2D eigenvalue weighted by Gasteiger charge is -2.29. The zero-order valence-corrected chi connectivity index (χ0v) is 11.4. The van der Waals surface area contributed by atoms with Crippen LogP contribution in [-0.4, -0.2) is 19.9 Å². The molecule has 6 heteroatoms. The summed E-state index contributed by atoms with van der Waals surface area (Å²) in [5.41, 5.74) is 7.87.